The zero-order chi connectivity index (χ0) is 14.0. The van der Waals surface area contributed by atoms with Crippen LogP contribution in [0.1, 0.15) is 11.1 Å². The van der Waals surface area contributed by atoms with Crippen molar-refractivity contribution in [3.8, 4) is 11.5 Å². The molecule has 6 heteroatoms. The van der Waals surface area contributed by atoms with Crippen LogP contribution in [0, 0.1) is 0 Å². The van der Waals surface area contributed by atoms with Gasteiger partial charge in [-0.3, -0.25) is 0 Å². The van der Waals surface area contributed by atoms with E-state index in [2.05, 4.69) is 0 Å². The first-order chi connectivity index (χ1) is 9.06. The zero-order valence-electron chi connectivity index (χ0n) is 10.9. The van der Waals surface area contributed by atoms with E-state index in [0.29, 0.717) is 23.6 Å². The standard InChI is InChI=1S/C13H17NO5/c1-14-6-8-3-4-11(18-2)10(5-9(16)7-15)12(8)19-13(14)17/h3-4,9,15-16H,5-7H2,1-2H3. The minimum absolute atomic E-state index is 0.167. The molecule has 1 aromatic carbocycles. The lowest BCUT2D eigenvalue weighted by Crippen LogP contribution is -2.34. The summed E-state index contributed by atoms with van der Waals surface area (Å²) < 4.78 is 10.5. The van der Waals surface area contributed by atoms with E-state index in [1.807, 2.05) is 6.07 Å². The number of carbonyl (C=O) groups is 1. The quantitative estimate of drug-likeness (QED) is 0.832. The number of methoxy groups -OCH3 is 1. The number of benzene rings is 1. The monoisotopic (exact) mass is 267 g/mol. The highest BCUT2D eigenvalue weighted by Gasteiger charge is 2.27. The van der Waals surface area contributed by atoms with Crippen molar-refractivity contribution in [1.82, 2.24) is 4.90 Å². The van der Waals surface area contributed by atoms with Gasteiger partial charge in [-0.25, -0.2) is 4.79 Å². The Balaban J connectivity index is 2.44. The summed E-state index contributed by atoms with van der Waals surface area (Å²) >= 11 is 0. The molecule has 1 unspecified atom stereocenters. The van der Waals surface area contributed by atoms with Crippen LogP contribution in [0.5, 0.6) is 11.5 Å². The molecule has 1 aromatic rings. The molecule has 1 aliphatic rings. The Hall–Kier alpha value is -1.79. The number of fused-ring (bicyclic) bond motifs is 1. The van der Waals surface area contributed by atoms with Gasteiger partial charge in [-0.05, 0) is 12.1 Å². The average Bonchev–Trinajstić information content (AvgIpc) is 2.41. The molecule has 0 aliphatic carbocycles. The fourth-order valence-electron chi connectivity index (χ4n) is 2.08. The minimum Gasteiger partial charge on any atom is -0.496 e. The summed E-state index contributed by atoms with van der Waals surface area (Å²) in [6.07, 6.45) is -1.20. The summed E-state index contributed by atoms with van der Waals surface area (Å²) in [5.41, 5.74) is 1.45. The molecule has 0 radical (unpaired) electrons. The maximum Gasteiger partial charge on any atom is 0.415 e. The van der Waals surface area contributed by atoms with E-state index in [4.69, 9.17) is 14.6 Å². The Morgan fingerprint density at radius 3 is 2.89 bits per heavy atom. The van der Waals surface area contributed by atoms with Crippen LogP contribution >= 0.6 is 0 Å². The molecule has 1 heterocycles. The van der Waals surface area contributed by atoms with Crippen LogP contribution in [0.15, 0.2) is 12.1 Å². The Morgan fingerprint density at radius 1 is 1.53 bits per heavy atom. The largest absolute Gasteiger partial charge is 0.496 e. The maximum atomic E-state index is 11.6. The first kappa shape index (κ1) is 13.6. The number of ether oxygens (including phenoxy) is 2. The first-order valence-corrected chi connectivity index (χ1v) is 5.97. The highest BCUT2D eigenvalue weighted by molar-refractivity contribution is 5.74. The van der Waals surface area contributed by atoms with Gasteiger partial charge >= 0.3 is 6.09 Å². The maximum absolute atomic E-state index is 11.6. The van der Waals surface area contributed by atoms with Gasteiger partial charge in [-0.2, -0.15) is 0 Å². The lowest BCUT2D eigenvalue weighted by molar-refractivity contribution is 0.0937. The van der Waals surface area contributed by atoms with Crippen LogP contribution in [-0.4, -0.2) is 48.1 Å². The van der Waals surface area contributed by atoms with E-state index in [9.17, 15) is 9.90 Å². The fourth-order valence-corrected chi connectivity index (χ4v) is 2.08. The van der Waals surface area contributed by atoms with E-state index in [1.165, 1.54) is 12.0 Å². The van der Waals surface area contributed by atoms with E-state index in [1.54, 1.807) is 13.1 Å². The van der Waals surface area contributed by atoms with Crippen molar-refractivity contribution in [2.75, 3.05) is 20.8 Å². The molecule has 6 nitrogen and oxygen atoms in total. The van der Waals surface area contributed by atoms with Gasteiger partial charge in [0.1, 0.15) is 11.5 Å². The number of nitrogens with zero attached hydrogens (tertiary/aromatic N) is 1. The number of rotatable bonds is 4. The predicted molar refractivity (Wildman–Crippen MR) is 67.3 cm³/mol. The van der Waals surface area contributed by atoms with Crippen LogP contribution in [0.3, 0.4) is 0 Å². The molecule has 2 N–H and O–H groups in total. The van der Waals surface area contributed by atoms with Crippen LogP contribution in [0.2, 0.25) is 0 Å². The molecule has 0 spiro atoms. The molecule has 1 atom stereocenters. The molecule has 19 heavy (non-hydrogen) atoms. The highest BCUT2D eigenvalue weighted by atomic mass is 16.6. The smallest absolute Gasteiger partial charge is 0.415 e. The summed E-state index contributed by atoms with van der Waals surface area (Å²) in [5, 5.41) is 18.5. The third kappa shape index (κ3) is 2.64. The molecule has 0 saturated carbocycles. The zero-order valence-corrected chi connectivity index (χ0v) is 10.9. The predicted octanol–water partition coefficient (Wildman–Crippen LogP) is 0.535. The number of hydrogen-bond acceptors (Lipinski definition) is 5. The molecule has 0 bridgehead atoms. The van der Waals surface area contributed by atoms with Crippen molar-refractivity contribution < 1.29 is 24.5 Å². The van der Waals surface area contributed by atoms with Crippen LogP contribution in [-0.2, 0) is 13.0 Å². The third-order valence-electron chi connectivity index (χ3n) is 3.08. The number of amides is 1. The number of aliphatic hydroxyl groups excluding tert-OH is 2. The Morgan fingerprint density at radius 2 is 2.26 bits per heavy atom. The van der Waals surface area contributed by atoms with Gasteiger partial charge in [0.2, 0.25) is 0 Å². The van der Waals surface area contributed by atoms with Crippen molar-refractivity contribution in [2.45, 2.75) is 19.1 Å². The van der Waals surface area contributed by atoms with Gasteiger partial charge < -0.3 is 24.6 Å². The van der Waals surface area contributed by atoms with Crippen LogP contribution < -0.4 is 9.47 Å². The average molecular weight is 267 g/mol. The second kappa shape index (κ2) is 5.46. The molecular formula is C13H17NO5. The Labute approximate surface area is 111 Å². The second-order valence-electron chi connectivity index (χ2n) is 4.50. The first-order valence-electron chi connectivity index (χ1n) is 5.97. The van der Waals surface area contributed by atoms with Gasteiger partial charge in [0.05, 0.1) is 26.4 Å². The van der Waals surface area contributed by atoms with E-state index >= 15 is 0 Å². The SMILES string of the molecule is COc1ccc2c(c1CC(O)CO)OC(=O)N(C)C2. The van der Waals surface area contributed by atoms with Crippen molar-refractivity contribution >= 4 is 6.09 Å². The number of aliphatic hydroxyl groups is 2. The van der Waals surface area contributed by atoms with Gasteiger partial charge in [0.15, 0.2) is 0 Å². The lowest BCUT2D eigenvalue weighted by Gasteiger charge is -2.27. The summed E-state index contributed by atoms with van der Waals surface area (Å²) in [6, 6.07) is 3.59. The van der Waals surface area contributed by atoms with Crippen molar-refractivity contribution in [1.29, 1.82) is 0 Å². The van der Waals surface area contributed by atoms with E-state index in [0.717, 1.165) is 5.56 Å². The molecular weight excluding hydrogens is 250 g/mol. The summed E-state index contributed by atoms with van der Waals surface area (Å²) in [5.74, 6) is 0.957. The summed E-state index contributed by atoms with van der Waals surface area (Å²) in [4.78, 5) is 13.1. The summed E-state index contributed by atoms with van der Waals surface area (Å²) in [6.45, 7) is 0.0844. The molecule has 1 amide bonds. The van der Waals surface area contributed by atoms with Crippen LogP contribution in [0.4, 0.5) is 4.79 Å². The number of hydrogen-bond donors (Lipinski definition) is 2. The van der Waals surface area contributed by atoms with E-state index in [-0.39, 0.29) is 13.0 Å². The van der Waals surface area contributed by atoms with Crippen molar-refractivity contribution in [2.24, 2.45) is 0 Å². The van der Waals surface area contributed by atoms with Crippen molar-refractivity contribution in [3.63, 3.8) is 0 Å². The lowest BCUT2D eigenvalue weighted by atomic mass is 10.0. The third-order valence-corrected chi connectivity index (χ3v) is 3.08. The molecule has 2 rings (SSSR count). The minimum atomic E-state index is -0.918. The second-order valence-corrected chi connectivity index (χ2v) is 4.50. The molecule has 0 aromatic heterocycles. The molecule has 0 fully saturated rings. The van der Waals surface area contributed by atoms with Gasteiger partial charge in [0.25, 0.3) is 0 Å². The highest BCUT2D eigenvalue weighted by Crippen LogP contribution is 2.36. The topological polar surface area (TPSA) is 79.2 Å². The van der Waals surface area contributed by atoms with Crippen LogP contribution in [0.25, 0.3) is 0 Å². The van der Waals surface area contributed by atoms with Crippen molar-refractivity contribution in [3.05, 3.63) is 23.3 Å². The molecule has 1 aliphatic heterocycles. The molecule has 104 valence electrons. The van der Waals surface area contributed by atoms with E-state index < -0.39 is 12.2 Å². The summed E-state index contributed by atoms with van der Waals surface area (Å²) in [7, 11) is 3.16. The van der Waals surface area contributed by atoms with Gasteiger partial charge in [0, 0.05) is 24.6 Å². The molecule has 0 saturated heterocycles. The normalized spacial score (nSPS) is 15.8. The van der Waals surface area contributed by atoms with Gasteiger partial charge in [-0.1, -0.05) is 0 Å². The Bertz CT molecular complexity index is 488. The number of carbonyl (C=O) groups excluding carboxylic acids is 1. The fraction of sp³-hybridized carbons (Fsp3) is 0.462. The van der Waals surface area contributed by atoms with Gasteiger partial charge in [-0.15, -0.1) is 0 Å². The Kier molecular flexibility index (Phi) is 3.92.